The van der Waals surface area contributed by atoms with E-state index in [0.29, 0.717) is 19.1 Å². The van der Waals surface area contributed by atoms with Crippen molar-refractivity contribution in [3.05, 3.63) is 35.9 Å². The van der Waals surface area contributed by atoms with Crippen LogP contribution in [-0.4, -0.2) is 32.3 Å². The van der Waals surface area contributed by atoms with Crippen molar-refractivity contribution in [1.29, 1.82) is 0 Å². The van der Waals surface area contributed by atoms with Crippen LogP contribution in [0.2, 0.25) is 0 Å². The quantitative estimate of drug-likeness (QED) is 0.800. The molecule has 0 amide bonds. The Morgan fingerprint density at radius 2 is 2.17 bits per heavy atom. The average molecular weight is 249 g/mol. The number of methoxy groups -OCH3 is 1. The molecule has 4 nitrogen and oxygen atoms in total. The van der Waals surface area contributed by atoms with Gasteiger partial charge in [-0.3, -0.25) is 4.79 Å². The van der Waals surface area contributed by atoms with Gasteiger partial charge in [0.05, 0.1) is 6.61 Å². The predicted molar refractivity (Wildman–Crippen MR) is 68.0 cm³/mol. The number of ether oxygens (including phenoxy) is 2. The molecule has 98 valence electrons. The van der Waals surface area contributed by atoms with Crippen molar-refractivity contribution in [1.82, 2.24) is 5.32 Å². The van der Waals surface area contributed by atoms with Gasteiger partial charge < -0.3 is 14.8 Å². The van der Waals surface area contributed by atoms with Crippen molar-refractivity contribution in [3.63, 3.8) is 0 Å². The zero-order chi connectivity index (χ0) is 12.8. The van der Waals surface area contributed by atoms with Gasteiger partial charge in [-0.05, 0) is 17.9 Å². The Labute approximate surface area is 107 Å². The molecule has 1 heterocycles. The number of benzene rings is 1. The Bertz CT molecular complexity index is 380. The van der Waals surface area contributed by atoms with Gasteiger partial charge in [0.15, 0.2) is 0 Å². The molecule has 0 aliphatic carbocycles. The number of rotatable bonds is 5. The summed E-state index contributed by atoms with van der Waals surface area (Å²) in [4.78, 5) is 11.8. The van der Waals surface area contributed by atoms with Crippen LogP contribution in [0.15, 0.2) is 30.3 Å². The second-order valence-electron chi connectivity index (χ2n) is 4.61. The summed E-state index contributed by atoms with van der Waals surface area (Å²) in [5, 5.41) is 3.17. The first-order chi connectivity index (χ1) is 8.79. The molecule has 4 heteroatoms. The molecule has 1 aliphatic heterocycles. The maximum absolute atomic E-state index is 11.8. The fraction of sp³-hybridized carbons (Fsp3) is 0.500. The highest BCUT2D eigenvalue weighted by atomic mass is 16.5. The largest absolute Gasteiger partial charge is 0.460 e. The van der Waals surface area contributed by atoms with Gasteiger partial charge in [0.2, 0.25) is 0 Å². The third-order valence-electron chi connectivity index (χ3n) is 3.13. The highest BCUT2D eigenvalue weighted by molar-refractivity contribution is 5.76. The van der Waals surface area contributed by atoms with Gasteiger partial charge in [-0.2, -0.15) is 0 Å². The molecule has 0 saturated carbocycles. The molecule has 1 fully saturated rings. The van der Waals surface area contributed by atoms with Gasteiger partial charge in [0.25, 0.3) is 0 Å². The monoisotopic (exact) mass is 249 g/mol. The molecule has 2 atom stereocenters. The van der Waals surface area contributed by atoms with Crippen LogP contribution in [0.25, 0.3) is 0 Å². The molecule has 1 aromatic carbocycles. The lowest BCUT2D eigenvalue weighted by molar-refractivity contribution is -0.147. The first-order valence-corrected chi connectivity index (χ1v) is 6.22. The summed E-state index contributed by atoms with van der Waals surface area (Å²) in [6.07, 6.45) is 0.793. The standard InChI is InChI=1S/C14H19NO3/c1-17-9-12-7-13(15-8-12)14(16)18-10-11-5-3-2-4-6-11/h2-6,12-13,15H,7-10H2,1H3/t12-,13+/m1/s1. The van der Waals surface area contributed by atoms with Crippen LogP contribution in [0, 0.1) is 5.92 Å². The third-order valence-corrected chi connectivity index (χ3v) is 3.13. The molecular weight excluding hydrogens is 230 g/mol. The molecule has 1 aliphatic rings. The number of hydrogen-bond acceptors (Lipinski definition) is 4. The zero-order valence-corrected chi connectivity index (χ0v) is 10.6. The van der Waals surface area contributed by atoms with E-state index in [1.807, 2.05) is 30.3 Å². The van der Waals surface area contributed by atoms with Gasteiger partial charge in [-0.1, -0.05) is 30.3 Å². The fourth-order valence-corrected chi connectivity index (χ4v) is 2.18. The lowest BCUT2D eigenvalue weighted by Gasteiger charge is -2.10. The summed E-state index contributed by atoms with van der Waals surface area (Å²) in [5.74, 6) is 0.238. The van der Waals surface area contributed by atoms with E-state index in [1.165, 1.54) is 0 Å². The van der Waals surface area contributed by atoms with E-state index in [0.717, 1.165) is 18.5 Å². The molecule has 1 N–H and O–H groups in total. The zero-order valence-electron chi connectivity index (χ0n) is 10.6. The minimum Gasteiger partial charge on any atom is -0.460 e. The molecule has 0 aromatic heterocycles. The summed E-state index contributed by atoms with van der Waals surface area (Å²) in [7, 11) is 1.68. The molecule has 1 aromatic rings. The normalized spacial score (nSPS) is 22.9. The van der Waals surface area contributed by atoms with Crippen molar-refractivity contribution in [2.45, 2.75) is 19.1 Å². The van der Waals surface area contributed by atoms with Gasteiger partial charge in [0, 0.05) is 13.7 Å². The van der Waals surface area contributed by atoms with Crippen LogP contribution in [0.4, 0.5) is 0 Å². The van der Waals surface area contributed by atoms with Crippen molar-refractivity contribution in [3.8, 4) is 0 Å². The summed E-state index contributed by atoms with van der Waals surface area (Å²) in [6, 6.07) is 9.52. The lowest BCUT2D eigenvalue weighted by Crippen LogP contribution is -2.32. The van der Waals surface area contributed by atoms with Gasteiger partial charge in [-0.25, -0.2) is 0 Å². The topological polar surface area (TPSA) is 47.6 Å². The Kier molecular flexibility index (Phi) is 4.73. The first kappa shape index (κ1) is 13.1. The number of carbonyl (C=O) groups is 1. The van der Waals surface area contributed by atoms with Crippen LogP contribution < -0.4 is 5.32 Å². The Balaban J connectivity index is 1.76. The molecule has 2 rings (SSSR count). The minimum atomic E-state index is -0.186. The van der Waals surface area contributed by atoms with Gasteiger partial charge in [0.1, 0.15) is 12.6 Å². The molecule has 18 heavy (non-hydrogen) atoms. The maximum atomic E-state index is 11.8. The molecule has 0 unspecified atom stereocenters. The van der Waals surface area contributed by atoms with E-state index in [1.54, 1.807) is 7.11 Å². The first-order valence-electron chi connectivity index (χ1n) is 6.22. The van der Waals surface area contributed by atoms with Crippen molar-refractivity contribution < 1.29 is 14.3 Å². The SMILES string of the molecule is COC[C@H]1CN[C@H](C(=O)OCc2ccccc2)C1. The Hall–Kier alpha value is -1.39. The minimum absolute atomic E-state index is 0.169. The number of carbonyl (C=O) groups excluding carboxylic acids is 1. The highest BCUT2D eigenvalue weighted by Crippen LogP contribution is 2.15. The smallest absolute Gasteiger partial charge is 0.323 e. The Morgan fingerprint density at radius 3 is 2.89 bits per heavy atom. The summed E-state index contributed by atoms with van der Waals surface area (Å²) < 4.78 is 10.4. The second-order valence-corrected chi connectivity index (χ2v) is 4.61. The van der Waals surface area contributed by atoms with Crippen LogP contribution in [-0.2, 0) is 20.9 Å². The molecule has 0 bridgehead atoms. The van der Waals surface area contributed by atoms with Gasteiger partial charge >= 0.3 is 5.97 Å². The summed E-state index contributed by atoms with van der Waals surface area (Å²) in [5.41, 5.74) is 1.01. The predicted octanol–water partition coefficient (Wildman–Crippen LogP) is 1.35. The number of nitrogens with one attached hydrogen (secondary N) is 1. The highest BCUT2D eigenvalue weighted by Gasteiger charge is 2.30. The van der Waals surface area contributed by atoms with E-state index in [2.05, 4.69) is 5.32 Å². The van der Waals surface area contributed by atoms with Crippen molar-refractivity contribution in [2.24, 2.45) is 5.92 Å². The van der Waals surface area contributed by atoms with E-state index >= 15 is 0 Å². The second kappa shape index (κ2) is 6.52. The molecular formula is C14H19NO3. The summed E-state index contributed by atoms with van der Waals surface area (Å²) in [6.45, 7) is 1.85. The van der Waals surface area contributed by atoms with Crippen LogP contribution in [0.3, 0.4) is 0 Å². The van der Waals surface area contributed by atoms with E-state index in [4.69, 9.17) is 9.47 Å². The average Bonchev–Trinajstić information content (AvgIpc) is 2.86. The van der Waals surface area contributed by atoms with E-state index < -0.39 is 0 Å². The maximum Gasteiger partial charge on any atom is 0.323 e. The van der Waals surface area contributed by atoms with Crippen molar-refractivity contribution >= 4 is 5.97 Å². The molecule has 0 radical (unpaired) electrons. The third kappa shape index (κ3) is 3.55. The molecule has 1 saturated heterocycles. The van der Waals surface area contributed by atoms with Crippen LogP contribution in [0.1, 0.15) is 12.0 Å². The number of hydrogen-bond donors (Lipinski definition) is 1. The van der Waals surface area contributed by atoms with Crippen molar-refractivity contribution in [2.75, 3.05) is 20.3 Å². The van der Waals surface area contributed by atoms with E-state index in [9.17, 15) is 4.79 Å². The van der Waals surface area contributed by atoms with E-state index in [-0.39, 0.29) is 12.0 Å². The lowest BCUT2D eigenvalue weighted by atomic mass is 10.1. The molecule has 0 spiro atoms. The number of esters is 1. The summed E-state index contributed by atoms with van der Waals surface area (Å²) >= 11 is 0. The Morgan fingerprint density at radius 1 is 1.39 bits per heavy atom. The van der Waals surface area contributed by atoms with Crippen LogP contribution >= 0.6 is 0 Å². The fourth-order valence-electron chi connectivity index (χ4n) is 2.18. The van der Waals surface area contributed by atoms with Crippen LogP contribution in [0.5, 0.6) is 0 Å². The van der Waals surface area contributed by atoms with Gasteiger partial charge in [-0.15, -0.1) is 0 Å².